The second kappa shape index (κ2) is 6.09. The third kappa shape index (κ3) is 3.94. The highest BCUT2D eigenvalue weighted by molar-refractivity contribution is 5.70. The fraction of sp³-hybridized carbons (Fsp3) is 0.357. The van der Waals surface area contributed by atoms with E-state index in [0.717, 1.165) is 22.4 Å². The van der Waals surface area contributed by atoms with Crippen molar-refractivity contribution in [3.05, 3.63) is 41.0 Å². The molecule has 0 fully saturated rings. The van der Waals surface area contributed by atoms with Crippen LogP contribution >= 0.6 is 0 Å². The van der Waals surface area contributed by atoms with Gasteiger partial charge in [0.15, 0.2) is 0 Å². The number of aryl methyl sites for hydroxylation is 2. The van der Waals surface area contributed by atoms with E-state index >= 15 is 0 Å². The molecule has 0 atom stereocenters. The first-order valence-electron chi connectivity index (χ1n) is 5.60. The number of hydrogen-bond acceptors (Lipinski definition) is 2. The fourth-order valence-corrected chi connectivity index (χ4v) is 1.77. The van der Waals surface area contributed by atoms with Crippen LogP contribution in [0.25, 0.3) is 0 Å². The smallest absolute Gasteiger partial charge is 0.307 e. The first-order chi connectivity index (χ1) is 8.04. The molecule has 0 aliphatic heterocycles. The van der Waals surface area contributed by atoms with Crippen LogP contribution in [0.4, 0.5) is 0 Å². The van der Waals surface area contributed by atoms with Crippen LogP contribution in [-0.4, -0.2) is 17.7 Å². The van der Waals surface area contributed by atoms with Crippen LogP contribution in [0.1, 0.15) is 23.6 Å². The van der Waals surface area contributed by atoms with Crippen LogP contribution < -0.4 is 4.74 Å². The Morgan fingerprint density at radius 3 is 2.41 bits per heavy atom. The minimum absolute atomic E-state index is 0.0524. The molecule has 3 nitrogen and oxygen atoms in total. The van der Waals surface area contributed by atoms with Crippen LogP contribution in [-0.2, 0) is 11.2 Å². The van der Waals surface area contributed by atoms with Gasteiger partial charge in [-0.05, 0) is 37.5 Å². The molecule has 0 saturated carbocycles. The lowest BCUT2D eigenvalue weighted by Crippen LogP contribution is -2.03. The van der Waals surface area contributed by atoms with E-state index in [9.17, 15) is 4.79 Å². The van der Waals surface area contributed by atoms with Gasteiger partial charge in [0.25, 0.3) is 0 Å². The zero-order valence-electron chi connectivity index (χ0n) is 10.5. The van der Waals surface area contributed by atoms with E-state index in [4.69, 9.17) is 9.84 Å². The zero-order valence-corrected chi connectivity index (χ0v) is 10.5. The molecule has 0 unspecified atom stereocenters. The topological polar surface area (TPSA) is 46.5 Å². The summed E-state index contributed by atoms with van der Waals surface area (Å²) in [7, 11) is 0. The van der Waals surface area contributed by atoms with Gasteiger partial charge < -0.3 is 9.84 Å². The number of carbonyl (C=O) groups is 1. The van der Waals surface area contributed by atoms with Gasteiger partial charge in [-0.1, -0.05) is 24.3 Å². The Labute approximate surface area is 102 Å². The summed E-state index contributed by atoms with van der Waals surface area (Å²) in [5.74, 6) is 0.0311. The summed E-state index contributed by atoms with van der Waals surface area (Å²) in [6, 6.07) is 3.73. The van der Waals surface area contributed by atoms with Crippen LogP contribution in [0.3, 0.4) is 0 Å². The summed E-state index contributed by atoms with van der Waals surface area (Å²) in [4.78, 5) is 10.6. The molecule has 0 bridgehead atoms. The van der Waals surface area contributed by atoms with Crippen molar-refractivity contribution < 1.29 is 14.6 Å². The molecule has 0 spiro atoms. The van der Waals surface area contributed by atoms with Crippen molar-refractivity contribution >= 4 is 5.97 Å². The number of hydrogen-bond donors (Lipinski definition) is 1. The highest BCUT2D eigenvalue weighted by Gasteiger charge is 2.08. The van der Waals surface area contributed by atoms with E-state index in [1.165, 1.54) is 0 Å². The molecule has 17 heavy (non-hydrogen) atoms. The molecule has 0 amide bonds. The van der Waals surface area contributed by atoms with E-state index in [-0.39, 0.29) is 6.42 Å². The standard InChI is InChI=1S/C14H18O3/c1-4-5-6-17-14-10(2)7-12(8-11(14)3)9-13(15)16/h4-5,7-8H,6,9H2,1-3H3,(H,15,16). The predicted octanol–water partition coefficient (Wildman–Crippen LogP) is 2.89. The van der Waals surface area contributed by atoms with Crippen LogP contribution in [0.5, 0.6) is 5.75 Å². The van der Waals surface area contributed by atoms with E-state index < -0.39 is 5.97 Å². The van der Waals surface area contributed by atoms with E-state index in [2.05, 4.69) is 0 Å². The summed E-state index contributed by atoms with van der Waals surface area (Å²) in [6.45, 7) is 6.35. The Hall–Kier alpha value is -1.77. The van der Waals surface area contributed by atoms with Gasteiger partial charge in [0.1, 0.15) is 12.4 Å². The average molecular weight is 234 g/mol. The predicted molar refractivity (Wildman–Crippen MR) is 67.6 cm³/mol. The molecule has 0 radical (unpaired) electrons. The van der Waals surface area contributed by atoms with Crippen molar-refractivity contribution in [3.63, 3.8) is 0 Å². The highest BCUT2D eigenvalue weighted by atomic mass is 16.5. The molecule has 0 aliphatic rings. The summed E-state index contributed by atoms with van der Waals surface area (Å²) < 4.78 is 5.63. The molecule has 1 rings (SSSR count). The van der Waals surface area contributed by atoms with Gasteiger partial charge in [-0.2, -0.15) is 0 Å². The number of carboxylic acid groups (broad SMARTS) is 1. The normalized spacial score (nSPS) is 10.8. The zero-order chi connectivity index (χ0) is 12.8. The Morgan fingerprint density at radius 2 is 1.94 bits per heavy atom. The molecule has 0 saturated heterocycles. The first kappa shape index (κ1) is 13.3. The molecule has 0 heterocycles. The number of rotatable bonds is 5. The van der Waals surface area contributed by atoms with Crippen molar-refractivity contribution in [2.45, 2.75) is 27.2 Å². The number of allylic oxidation sites excluding steroid dienone is 1. The second-order valence-corrected chi connectivity index (χ2v) is 4.01. The Balaban J connectivity index is 2.89. The Bertz CT molecular complexity index is 410. The van der Waals surface area contributed by atoms with E-state index in [0.29, 0.717) is 6.61 Å². The average Bonchev–Trinajstić information content (AvgIpc) is 2.21. The molecule has 1 aromatic rings. The number of benzene rings is 1. The maximum absolute atomic E-state index is 10.6. The van der Waals surface area contributed by atoms with Crippen LogP contribution in [0.15, 0.2) is 24.3 Å². The Morgan fingerprint density at radius 1 is 1.35 bits per heavy atom. The Kier molecular flexibility index (Phi) is 4.76. The minimum atomic E-state index is -0.814. The highest BCUT2D eigenvalue weighted by Crippen LogP contribution is 2.25. The van der Waals surface area contributed by atoms with Gasteiger partial charge in [-0.3, -0.25) is 4.79 Å². The van der Waals surface area contributed by atoms with Crippen molar-refractivity contribution in [2.24, 2.45) is 0 Å². The fourth-order valence-electron chi connectivity index (χ4n) is 1.77. The number of ether oxygens (including phenoxy) is 1. The summed E-state index contributed by atoms with van der Waals surface area (Å²) in [6.07, 6.45) is 3.92. The van der Waals surface area contributed by atoms with Crippen molar-refractivity contribution in [2.75, 3.05) is 6.61 Å². The summed E-state index contributed by atoms with van der Waals surface area (Å²) in [5, 5.41) is 8.75. The van der Waals surface area contributed by atoms with E-state index in [1.54, 1.807) is 0 Å². The van der Waals surface area contributed by atoms with Gasteiger partial charge in [-0.15, -0.1) is 0 Å². The lowest BCUT2D eigenvalue weighted by atomic mass is 10.0. The molecule has 1 aromatic carbocycles. The second-order valence-electron chi connectivity index (χ2n) is 4.01. The third-order valence-electron chi connectivity index (χ3n) is 2.44. The first-order valence-corrected chi connectivity index (χ1v) is 5.60. The molecular formula is C14H18O3. The van der Waals surface area contributed by atoms with E-state index in [1.807, 2.05) is 45.1 Å². The van der Waals surface area contributed by atoms with Crippen molar-refractivity contribution in [1.29, 1.82) is 0 Å². The molecular weight excluding hydrogens is 216 g/mol. The van der Waals surface area contributed by atoms with Gasteiger partial charge in [0.05, 0.1) is 6.42 Å². The SMILES string of the molecule is CC=CCOc1c(C)cc(CC(=O)O)cc1C. The molecule has 1 N–H and O–H groups in total. The third-order valence-corrected chi connectivity index (χ3v) is 2.44. The number of carboxylic acids is 1. The lowest BCUT2D eigenvalue weighted by molar-refractivity contribution is -0.136. The summed E-state index contributed by atoms with van der Waals surface area (Å²) >= 11 is 0. The maximum Gasteiger partial charge on any atom is 0.307 e. The van der Waals surface area contributed by atoms with Crippen molar-refractivity contribution in [3.8, 4) is 5.75 Å². The molecule has 0 aromatic heterocycles. The van der Waals surface area contributed by atoms with Gasteiger partial charge >= 0.3 is 5.97 Å². The minimum Gasteiger partial charge on any atom is -0.489 e. The summed E-state index contributed by atoms with van der Waals surface area (Å²) in [5.41, 5.74) is 2.77. The quantitative estimate of drug-likeness (QED) is 0.797. The van der Waals surface area contributed by atoms with Crippen molar-refractivity contribution in [1.82, 2.24) is 0 Å². The maximum atomic E-state index is 10.6. The van der Waals surface area contributed by atoms with Gasteiger partial charge in [-0.25, -0.2) is 0 Å². The lowest BCUT2D eigenvalue weighted by Gasteiger charge is -2.12. The monoisotopic (exact) mass is 234 g/mol. The molecule has 0 aliphatic carbocycles. The van der Waals surface area contributed by atoms with Crippen LogP contribution in [0.2, 0.25) is 0 Å². The number of aliphatic carboxylic acids is 1. The van der Waals surface area contributed by atoms with Crippen LogP contribution in [0, 0.1) is 13.8 Å². The molecule has 3 heteroatoms. The molecule has 92 valence electrons. The largest absolute Gasteiger partial charge is 0.489 e. The van der Waals surface area contributed by atoms with Gasteiger partial charge in [0.2, 0.25) is 0 Å². The van der Waals surface area contributed by atoms with Gasteiger partial charge in [0, 0.05) is 0 Å².